The molecule has 0 aromatic carbocycles. The second-order valence-electron chi connectivity index (χ2n) is 3.69. The second kappa shape index (κ2) is 5.38. The average Bonchev–Trinajstić information content (AvgIpc) is 2.80. The molecular formula is C10H17N3O3. The molecule has 6 nitrogen and oxygen atoms in total. The molecule has 0 spiro atoms. The minimum Gasteiger partial charge on any atom is -0.421 e. The van der Waals surface area contributed by atoms with Crippen LogP contribution < -0.4 is 5.32 Å². The molecular weight excluding hydrogens is 210 g/mol. The van der Waals surface area contributed by atoms with E-state index in [1.807, 2.05) is 13.8 Å². The molecule has 1 aromatic heterocycles. The lowest BCUT2D eigenvalue weighted by Crippen LogP contribution is -2.22. The number of nitrogens with zero attached hydrogens (tertiary/aromatic N) is 2. The van der Waals surface area contributed by atoms with Gasteiger partial charge < -0.3 is 19.2 Å². The zero-order valence-electron chi connectivity index (χ0n) is 9.60. The van der Waals surface area contributed by atoms with Gasteiger partial charge in [-0.1, -0.05) is 6.92 Å². The van der Waals surface area contributed by atoms with Gasteiger partial charge in [0.05, 0.1) is 25.9 Å². The van der Waals surface area contributed by atoms with Crippen molar-refractivity contribution >= 4 is 0 Å². The van der Waals surface area contributed by atoms with Crippen molar-refractivity contribution in [2.75, 3.05) is 26.4 Å². The van der Waals surface area contributed by atoms with Crippen molar-refractivity contribution in [2.24, 2.45) is 0 Å². The van der Waals surface area contributed by atoms with Crippen molar-refractivity contribution < 1.29 is 13.9 Å². The van der Waals surface area contributed by atoms with Crippen LogP contribution in [0.25, 0.3) is 0 Å². The average molecular weight is 227 g/mol. The monoisotopic (exact) mass is 227 g/mol. The quantitative estimate of drug-likeness (QED) is 0.821. The molecule has 1 aliphatic rings. The first kappa shape index (κ1) is 11.5. The summed E-state index contributed by atoms with van der Waals surface area (Å²) in [4.78, 5) is 0. The normalized spacial score (nSPS) is 23.2. The Morgan fingerprint density at radius 1 is 1.44 bits per heavy atom. The maximum Gasteiger partial charge on any atom is 0.247 e. The van der Waals surface area contributed by atoms with Crippen LogP contribution in [-0.4, -0.2) is 36.6 Å². The Balaban J connectivity index is 2.00. The molecule has 1 aliphatic heterocycles. The number of hydrogen-bond acceptors (Lipinski definition) is 6. The van der Waals surface area contributed by atoms with Gasteiger partial charge in [0.2, 0.25) is 11.8 Å². The molecule has 2 atom stereocenters. The molecule has 1 N–H and O–H groups in total. The van der Waals surface area contributed by atoms with Crippen LogP contribution in [0.5, 0.6) is 0 Å². The van der Waals surface area contributed by atoms with E-state index in [1.165, 1.54) is 0 Å². The van der Waals surface area contributed by atoms with Crippen molar-refractivity contribution in [3.05, 3.63) is 11.8 Å². The first-order valence-electron chi connectivity index (χ1n) is 5.57. The van der Waals surface area contributed by atoms with Crippen LogP contribution in [0, 0.1) is 0 Å². The summed E-state index contributed by atoms with van der Waals surface area (Å²) in [6, 6.07) is 0.0655. The second-order valence-corrected chi connectivity index (χ2v) is 3.69. The van der Waals surface area contributed by atoms with E-state index in [9.17, 15) is 0 Å². The van der Waals surface area contributed by atoms with Gasteiger partial charge in [-0.05, 0) is 13.5 Å². The van der Waals surface area contributed by atoms with Gasteiger partial charge in [0.15, 0.2) is 6.10 Å². The lowest BCUT2D eigenvalue weighted by Gasteiger charge is -2.19. The van der Waals surface area contributed by atoms with Crippen LogP contribution in [0.3, 0.4) is 0 Å². The summed E-state index contributed by atoms with van der Waals surface area (Å²) in [7, 11) is 0. The summed E-state index contributed by atoms with van der Waals surface area (Å²) < 4.78 is 16.3. The van der Waals surface area contributed by atoms with Gasteiger partial charge in [0.1, 0.15) is 0 Å². The van der Waals surface area contributed by atoms with Gasteiger partial charge in [-0.3, -0.25) is 0 Å². The smallest absolute Gasteiger partial charge is 0.247 e. The Kier molecular flexibility index (Phi) is 3.87. The molecule has 0 bridgehead atoms. The molecule has 1 aromatic rings. The number of aromatic nitrogens is 2. The number of rotatable bonds is 4. The largest absolute Gasteiger partial charge is 0.421 e. The standard InChI is InChI=1S/C10H17N3O3/c1-3-11-7(2)9-12-13-10(16-9)8-6-14-4-5-15-8/h7-8,11H,3-6H2,1-2H3. The van der Waals surface area contributed by atoms with Crippen LogP contribution in [-0.2, 0) is 9.47 Å². The van der Waals surface area contributed by atoms with Gasteiger partial charge in [-0.15, -0.1) is 10.2 Å². The van der Waals surface area contributed by atoms with Crippen molar-refractivity contribution in [3.8, 4) is 0 Å². The lowest BCUT2D eigenvalue weighted by atomic mass is 10.3. The zero-order valence-corrected chi connectivity index (χ0v) is 9.60. The van der Waals surface area contributed by atoms with Crippen molar-refractivity contribution in [1.82, 2.24) is 15.5 Å². The molecule has 16 heavy (non-hydrogen) atoms. The van der Waals surface area contributed by atoms with Gasteiger partial charge in [0, 0.05) is 0 Å². The lowest BCUT2D eigenvalue weighted by molar-refractivity contribution is -0.0999. The molecule has 2 unspecified atom stereocenters. The maximum absolute atomic E-state index is 5.55. The Morgan fingerprint density at radius 3 is 3.00 bits per heavy atom. The molecule has 90 valence electrons. The summed E-state index contributed by atoms with van der Waals surface area (Å²) >= 11 is 0. The van der Waals surface area contributed by atoms with Gasteiger partial charge >= 0.3 is 0 Å². The summed E-state index contributed by atoms with van der Waals surface area (Å²) in [5.74, 6) is 1.09. The molecule has 0 saturated carbocycles. The van der Waals surface area contributed by atoms with Crippen LogP contribution in [0.15, 0.2) is 4.42 Å². The summed E-state index contributed by atoms with van der Waals surface area (Å²) in [6.07, 6.45) is -0.219. The SMILES string of the molecule is CCNC(C)c1nnc(C2COCCO2)o1. The van der Waals surface area contributed by atoms with E-state index in [4.69, 9.17) is 13.9 Å². The van der Waals surface area contributed by atoms with E-state index >= 15 is 0 Å². The van der Waals surface area contributed by atoms with Crippen LogP contribution >= 0.6 is 0 Å². The molecule has 0 aliphatic carbocycles. The Morgan fingerprint density at radius 2 is 2.31 bits per heavy atom. The summed E-state index contributed by atoms with van der Waals surface area (Å²) in [6.45, 7) is 6.57. The molecule has 2 rings (SSSR count). The van der Waals surface area contributed by atoms with E-state index in [0.29, 0.717) is 31.6 Å². The Hall–Kier alpha value is -0.980. The third-order valence-electron chi connectivity index (χ3n) is 2.43. The number of nitrogens with one attached hydrogen (secondary N) is 1. The molecule has 6 heteroatoms. The molecule has 1 saturated heterocycles. The predicted octanol–water partition coefficient (Wildman–Crippen LogP) is 0.828. The molecule has 2 heterocycles. The Labute approximate surface area is 94.3 Å². The highest BCUT2D eigenvalue weighted by Gasteiger charge is 2.23. The molecule has 0 amide bonds. The Bertz CT molecular complexity index is 323. The molecule has 1 fully saturated rings. The van der Waals surface area contributed by atoms with Crippen LogP contribution in [0.1, 0.15) is 37.8 Å². The fourth-order valence-corrected chi connectivity index (χ4v) is 1.58. The van der Waals surface area contributed by atoms with E-state index in [-0.39, 0.29) is 12.1 Å². The zero-order chi connectivity index (χ0) is 11.4. The predicted molar refractivity (Wildman–Crippen MR) is 55.9 cm³/mol. The first-order chi connectivity index (χ1) is 7.81. The summed E-state index contributed by atoms with van der Waals surface area (Å²) in [5.41, 5.74) is 0. The highest BCUT2D eigenvalue weighted by Crippen LogP contribution is 2.21. The minimum absolute atomic E-state index is 0.0655. The topological polar surface area (TPSA) is 69.4 Å². The highest BCUT2D eigenvalue weighted by molar-refractivity contribution is 4.91. The summed E-state index contributed by atoms with van der Waals surface area (Å²) in [5, 5.41) is 11.2. The van der Waals surface area contributed by atoms with E-state index in [2.05, 4.69) is 15.5 Å². The number of ether oxygens (including phenoxy) is 2. The van der Waals surface area contributed by atoms with Crippen LogP contribution in [0.4, 0.5) is 0 Å². The third kappa shape index (κ3) is 2.58. The minimum atomic E-state index is -0.219. The van der Waals surface area contributed by atoms with Gasteiger partial charge in [-0.25, -0.2) is 0 Å². The first-order valence-corrected chi connectivity index (χ1v) is 5.57. The fraction of sp³-hybridized carbons (Fsp3) is 0.800. The number of hydrogen-bond donors (Lipinski definition) is 1. The van der Waals surface area contributed by atoms with Crippen molar-refractivity contribution in [1.29, 1.82) is 0 Å². The highest BCUT2D eigenvalue weighted by atomic mass is 16.6. The maximum atomic E-state index is 5.55. The van der Waals surface area contributed by atoms with Gasteiger partial charge in [-0.2, -0.15) is 0 Å². The molecule has 0 radical (unpaired) electrons. The fourth-order valence-electron chi connectivity index (χ4n) is 1.58. The van der Waals surface area contributed by atoms with Gasteiger partial charge in [0.25, 0.3) is 0 Å². The third-order valence-corrected chi connectivity index (χ3v) is 2.43. The van der Waals surface area contributed by atoms with Crippen molar-refractivity contribution in [2.45, 2.75) is 26.0 Å². The van der Waals surface area contributed by atoms with E-state index < -0.39 is 0 Å². The van der Waals surface area contributed by atoms with Crippen molar-refractivity contribution in [3.63, 3.8) is 0 Å². The van der Waals surface area contributed by atoms with E-state index in [1.54, 1.807) is 0 Å². The van der Waals surface area contributed by atoms with E-state index in [0.717, 1.165) is 6.54 Å². The van der Waals surface area contributed by atoms with Crippen LogP contribution in [0.2, 0.25) is 0 Å².